The predicted molar refractivity (Wildman–Crippen MR) is 99.2 cm³/mol. The monoisotopic (exact) mass is 393 g/mol. The first kappa shape index (κ1) is 19.9. The molecule has 0 radical (unpaired) electrons. The summed E-state index contributed by atoms with van der Waals surface area (Å²) in [5.41, 5.74) is 5.86. The summed E-state index contributed by atoms with van der Waals surface area (Å²) in [4.78, 5) is 35.9. The van der Waals surface area contributed by atoms with Gasteiger partial charge in [0.2, 0.25) is 5.91 Å². The third-order valence-corrected chi connectivity index (χ3v) is 6.54. The number of hydrogen-bond acceptors (Lipinski definition) is 6. The van der Waals surface area contributed by atoms with Gasteiger partial charge in [0.25, 0.3) is 5.91 Å². The van der Waals surface area contributed by atoms with Crippen LogP contribution in [0.4, 0.5) is 0 Å². The SMILES string of the molecule is Cc1cc([O-])nc(SCC(=O)N2CCC(C(N)=O)([NH+]3CCCCC3)CC2)n1. The molecule has 2 aliphatic rings. The van der Waals surface area contributed by atoms with E-state index in [-0.39, 0.29) is 23.4 Å². The van der Waals surface area contributed by atoms with E-state index in [1.165, 1.54) is 29.1 Å². The molecule has 9 heteroatoms. The smallest absolute Gasteiger partial charge is 0.278 e. The topological polar surface area (TPSA) is 117 Å². The number of nitrogens with two attached hydrogens (primary N) is 1. The number of aromatic nitrogens is 2. The van der Waals surface area contributed by atoms with Crippen molar-refractivity contribution in [3.8, 4) is 5.88 Å². The molecule has 2 fully saturated rings. The average Bonchev–Trinajstić information content (AvgIpc) is 2.66. The lowest BCUT2D eigenvalue weighted by Crippen LogP contribution is -3.22. The molecule has 0 saturated carbocycles. The van der Waals surface area contributed by atoms with Crippen molar-refractivity contribution in [3.63, 3.8) is 0 Å². The van der Waals surface area contributed by atoms with E-state index in [1.807, 2.05) is 0 Å². The molecule has 0 spiro atoms. The summed E-state index contributed by atoms with van der Waals surface area (Å²) in [7, 11) is 0. The highest BCUT2D eigenvalue weighted by molar-refractivity contribution is 7.99. The maximum atomic E-state index is 12.5. The van der Waals surface area contributed by atoms with Gasteiger partial charge in [0.15, 0.2) is 10.7 Å². The van der Waals surface area contributed by atoms with Gasteiger partial charge in [-0.1, -0.05) is 11.8 Å². The van der Waals surface area contributed by atoms with E-state index in [0.717, 1.165) is 25.9 Å². The van der Waals surface area contributed by atoms with Gasteiger partial charge in [-0.15, -0.1) is 0 Å². The van der Waals surface area contributed by atoms with E-state index in [4.69, 9.17) is 5.73 Å². The molecule has 2 amide bonds. The number of hydrogen-bond donors (Lipinski definition) is 2. The fourth-order valence-electron chi connectivity index (χ4n) is 4.16. The van der Waals surface area contributed by atoms with E-state index in [0.29, 0.717) is 36.8 Å². The number of piperidine rings is 2. The van der Waals surface area contributed by atoms with E-state index in [9.17, 15) is 14.7 Å². The largest absolute Gasteiger partial charge is 0.858 e. The quantitative estimate of drug-likeness (QED) is 0.483. The first-order valence-corrected chi connectivity index (χ1v) is 10.5. The Morgan fingerprint density at radius 1 is 1.26 bits per heavy atom. The number of primary amides is 1. The molecular weight excluding hydrogens is 366 g/mol. The second-order valence-corrected chi connectivity index (χ2v) is 8.35. The van der Waals surface area contributed by atoms with Gasteiger partial charge in [-0.3, -0.25) is 9.59 Å². The van der Waals surface area contributed by atoms with Gasteiger partial charge in [-0.2, -0.15) is 0 Å². The normalized spacial score (nSPS) is 20.4. The molecule has 1 aromatic rings. The van der Waals surface area contributed by atoms with Crippen molar-refractivity contribution in [3.05, 3.63) is 11.8 Å². The van der Waals surface area contributed by atoms with Crippen LogP contribution in [0.3, 0.4) is 0 Å². The number of carbonyl (C=O) groups is 2. The molecule has 3 heterocycles. The average molecular weight is 394 g/mol. The van der Waals surface area contributed by atoms with Crippen molar-refractivity contribution in [2.45, 2.75) is 49.7 Å². The van der Waals surface area contributed by atoms with Crippen LogP contribution in [0.2, 0.25) is 0 Å². The number of rotatable bonds is 5. The summed E-state index contributed by atoms with van der Waals surface area (Å²) in [5.74, 6) is -0.421. The van der Waals surface area contributed by atoms with Crippen LogP contribution in [0, 0.1) is 6.92 Å². The highest BCUT2D eigenvalue weighted by Gasteiger charge is 2.49. The second-order valence-electron chi connectivity index (χ2n) is 7.41. The fourth-order valence-corrected chi connectivity index (χ4v) is 4.96. The number of nitrogens with one attached hydrogen (secondary N) is 1. The molecule has 148 valence electrons. The molecule has 3 N–H and O–H groups in total. The Morgan fingerprint density at radius 3 is 2.52 bits per heavy atom. The Bertz CT molecular complexity index is 680. The van der Waals surface area contributed by atoms with E-state index in [1.54, 1.807) is 11.8 Å². The standard InChI is InChI=1S/C18H27N5O3S/c1-13-11-14(24)21-17(20-13)27-12-15(25)22-9-5-18(6-10-22,16(19)26)23-7-3-2-4-8-23/h11H,2-10,12H2,1H3,(H2,19,26)(H,20,21,24). The van der Waals surface area contributed by atoms with Crippen LogP contribution in [0.15, 0.2) is 11.2 Å². The maximum Gasteiger partial charge on any atom is 0.278 e. The lowest BCUT2D eigenvalue weighted by atomic mass is 9.83. The molecule has 0 aliphatic carbocycles. The van der Waals surface area contributed by atoms with Gasteiger partial charge < -0.3 is 20.6 Å². The van der Waals surface area contributed by atoms with Crippen molar-refractivity contribution in [2.24, 2.45) is 5.73 Å². The number of thioether (sulfide) groups is 1. The summed E-state index contributed by atoms with van der Waals surface area (Å²) in [6, 6.07) is 1.36. The lowest BCUT2D eigenvalue weighted by Gasteiger charge is -2.45. The summed E-state index contributed by atoms with van der Waals surface area (Å²) in [6.07, 6.45) is 4.69. The number of quaternary nitrogens is 1. The molecule has 0 unspecified atom stereocenters. The summed E-state index contributed by atoms with van der Waals surface area (Å²) in [5, 5.41) is 11.8. The van der Waals surface area contributed by atoms with Crippen LogP contribution < -0.4 is 15.7 Å². The zero-order chi connectivity index (χ0) is 19.4. The van der Waals surface area contributed by atoms with Gasteiger partial charge in [0.1, 0.15) is 0 Å². The summed E-state index contributed by atoms with van der Waals surface area (Å²) >= 11 is 1.17. The lowest BCUT2D eigenvalue weighted by molar-refractivity contribution is -0.948. The Morgan fingerprint density at radius 2 is 1.93 bits per heavy atom. The van der Waals surface area contributed by atoms with Crippen LogP contribution in [0.5, 0.6) is 5.88 Å². The summed E-state index contributed by atoms with van der Waals surface area (Å²) in [6.45, 7) is 4.76. The third kappa shape index (κ3) is 4.52. The van der Waals surface area contributed by atoms with Gasteiger partial charge in [-0.05, 0) is 38.1 Å². The van der Waals surface area contributed by atoms with Crippen LogP contribution in [-0.4, -0.2) is 64.2 Å². The van der Waals surface area contributed by atoms with Crippen LogP contribution in [0.25, 0.3) is 0 Å². The van der Waals surface area contributed by atoms with Gasteiger partial charge in [0, 0.05) is 31.6 Å². The number of amides is 2. The minimum Gasteiger partial charge on any atom is -0.858 e. The van der Waals surface area contributed by atoms with E-state index in [2.05, 4.69) is 9.97 Å². The Labute approximate surface area is 163 Å². The Balaban J connectivity index is 1.57. The van der Waals surface area contributed by atoms with Gasteiger partial charge in [0.05, 0.1) is 18.8 Å². The molecule has 2 saturated heterocycles. The Hall–Kier alpha value is -1.87. The maximum absolute atomic E-state index is 12.5. The number of carbonyl (C=O) groups excluding carboxylic acids is 2. The molecule has 0 aromatic carbocycles. The van der Waals surface area contributed by atoms with E-state index < -0.39 is 5.54 Å². The first-order chi connectivity index (χ1) is 12.9. The molecular formula is C18H27N5O3S. The van der Waals surface area contributed by atoms with E-state index >= 15 is 0 Å². The van der Waals surface area contributed by atoms with Crippen molar-refractivity contribution in [1.29, 1.82) is 0 Å². The summed E-state index contributed by atoms with van der Waals surface area (Å²) < 4.78 is 0. The Kier molecular flexibility index (Phi) is 6.21. The third-order valence-electron chi connectivity index (χ3n) is 5.71. The minimum atomic E-state index is -0.540. The van der Waals surface area contributed by atoms with Crippen molar-refractivity contribution >= 4 is 23.6 Å². The predicted octanol–water partition coefficient (Wildman–Crippen LogP) is -1.13. The van der Waals surface area contributed by atoms with Crippen LogP contribution in [0.1, 0.15) is 37.8 Å². The number of aryl methyl sites for hydroxylation is 1. The highest BCUT2D eigenvalue weighted by atomic mass is 32.2. The van der Waals surface area contributed by atoms with Crippen molar-refractivity contribution in [2.75, 3.05) is 31.9 Å². The van der Waals surface area contributed by atoms with Crippen molar-refractivity contribution in [1.82, 2.24) is 14.9 Å². The second kappa shape index (κ2) is 8.43. The van der Waals surface area contributed by atoms with Crippen molar-refractivity contribution < 1.29 is 19.6 Å². The van der Waals surface area contributed by atoms with Gasteiger partial charge in [-0.25, -0.2) is 9.97 Å². The van der Waals surface area contributed by atoms with Gasteiger partial charge >= 0.3 is 0 Å². The fraction of sp³-hybridized carbons (Fsp3) is 0.667. The van der Waals surface area contributed by atoms with Crippen LogP contribution in [-0.2, 0) is 9.59 Å². The molecule has 0 bridgehead atoms. The molecule has 3 rings (SSSR count). The molecule has 2 aliphatic heterocycles. The number of nitrogens with zero attached hydrogens (tertiary/aromatic N) is 3. The molecule has 0 atom stereocenters. The number of likely N-dealkylation sites (tertiary alicyclic amines) is 2. The zero-order valence-corrected chi connectivity index (χ0v) is 16.5. The minimum absolute atomic E-state index is 0.0238. The molecule has 27 heavy (non-hydrogen) atoms. The highest BCUT2D eigenvalue weighted by Crippen LogP contribution is 2.22. The zero-order valence-electron chi connectivity index (χ0n) is 15.7. The molecule has 1 aromatic heterocycles. The van der Waals surface area contributed by atoms with Crippen LogP contribution >= 0.6 is 11.8 Å². The molecule has 8 nitrogen and oxygen atoms in total. The first-order valence-electron chi connectivity index (χ1n) is 9.49.